The summed E-state index contributed by atoms with van der Waals surface area (Å²) < 4.78 is 5.41. The molecule has 3 atom stereocenters. The van der Waals surface area contributed by atoms with E-state index in [1.807, 2.05) is 37.3 Å². The van der Waals surface area contributed by atoms with Gasteiger partial charge in [-0.2, -0.15) is 4.48 Å². The molecule has 0 aliphatic carbocycles. The quantitative estimate of drug-likeness (QED) is 0.258. The molecule has 1 aliphatic heterocycles. The minimum absolute atomic E-state index is 0.101. The van der Waals surface area contributed by atoms with E-state index in [1.54, 1.807) is 11.9 Å². The van der Waals surface area contributed by atoms with Crippen LogP contribution in [0.25, 0.3) is 0 Å². The first-order chi connectivity index (χ1) is 15.8. The molecule has 0 spiro atoms. The van der Waals surface area contributed by atoms with Gasteiger partial charge in [0.25, 0.3) is 0 Å². The lowest BCUT2D eigenvalue weighted by Crippen LogP contribution is -2.63. The molecule has 3 amide bonds. The summed E-state index contributed by atoms with van der Waals surface area (Å²) in [6, 6.07) is 9.48. The molecule has 1 aliphatic rings. The fraction of sp³-hybridized carbons (Fsp3) is 0.654. The number of urea groups is 1. The third-order valence-electron chi connectivity index (χ3n) is 6.57. The summed E-state index contributed by atoms with van der Waals surface area (Å²) in [4.78, 5) is 40.9. The molecule has 2 rings (SSSR count). The minimum atomic E-state index is -1.15. The van der Waals surface area contributed by atoms with Crippen molar-refractivity contribution in [2.24, 2.45) is 5.92 Å². The number of carboxylic acid groups (broad SMARTS) is 1. The highest BCUT2D eigenvalue weighted by Crippen LogP contribution is 2.26. The zero-order valence-corrected chi connectivity index (χ0v) is 20.5. The van der Waals surface area contributed by atoms with Crippen LogP contribution in [0.1, 0.15) is 70.8 Å². The normalized spacial score (nSPS) is 18.6. The van der Waals surface area contributed by atoms with Gasteiger partial charge in [0.05, 0.1) is 32.8 Å². The van der Waals surface area contributed by atoms with Crippen molar-refractivity contribution in [2.45, 2.75) is 77.9 Å². The van der Waals surface area contributed by atoms with Crippen LogP contribution in [0.3, 0.4) is 0 Å². The topological polar surface area (TPSA) is 83.9 Å². The number of rotatable bonds is 13. The highest BCUT2D eigenvalue weighted by Gasteiger charge is 2.50. The van der Waals surface area contributed by atoms with Crippen molar-refractivity contribution in [2.75, 3.05) is 26.7 Å². The Bertz CT molecular complexity index is 769. The second-order valence-electron chi connectivity index (χ2n) is 9.27. The van der Waals surface area contributed by atoms with E-state index in [9.17, 15) is 19.5 Å². The maximum absolute atomic E-state index is 13.7. The Kier molecular flexibility index (Phi) is 11.0. The van der Waals surface area contributed by atoms with E-state index in [-0.39, 0.29) is 18.5 Å². The fourth-order valence-corrected chi connectivity index (χ4v) is 4.65. The average Bonchev–Trinajstić information content (AvgIpc) is 3.27. The van der Waals surface area contributed by atoms with Crippen molar-refractivity contribution in [3.8, 4) is 0 Å². The molecule has 1 aromatic carbocycles. The first-order valence-electron chi connectivity index (χ1n) is 12.4. The summed E-state index contributed by atoms with van der Waals surface area (Å²) in [5, 5.41) is 9.78. The number of hydrogen-bond donors (Lipinski definition) is 1. The van der Waals surface area contributed by atoms with Crippen molar-refractivity contribution >= 4 is 17.9 Å². The predicted octanol–water partition coefficient (Wildman–Crippen LogP) is 4.84. The number of carboxylic acids is 1. The highest BCUT2D eigenvalue weighted by molar-refractivity contribution is 5.97. The van der Waals surface area contributed by atoms with Crippen LogP contribution in [0.4, 0.5) is 4.79 Å². The smallest absolute Gasteiger partial charge is 0.426 e. The zero-order chi connectivity index (χ0) is 24.3. The molecule has 0 radical (unpaired) electrons. The molecule has 33 heavy (non-hydrogen) atoms. The fourth-order valence-electron chi connectivity index (χ4n) is 4.65. The number of benzene rings is 1. The van der Waals surface area contributed by atoms with E-state index in [2.05, 4.69) is 6.92 Å². The first kappa shape index (κ1) is 27.0. The lowest BCUT2D eigenvalue weighted by molar-refractivity contribution is -0.758. The van der Waals surface area contributed by atoms with E-state index in [0.717, 1.165) is 37.7 Å². The van der Waals surface area contributed by atoms with E-state index >= 15 is 0 Å². The van der Waals surface area contributed by atoms with Crippen molar-refractivity contribution < 1.29 is 28.7 Å². The standard InChI is InChI=1S/C26H40N2O5/c1-4-6-7-11-16-23(25(30)31)24(29)28(3,18-5-2)26(32)27-17-12-15-22(27)20-33-19-21-13-9-8-10-14-21/h8-10,13-14,22-23H,4-7,11-12,15-20H2,1-3H3/p+1/t22-,23-,28+/m1/s1. The largest absolute Gasteiger partial charge is 0.481 e. The lowest BCUT2D eigenvalue weighted by atomic mass is 9.98. The summed E-state index contributed by atoms with van der Waals surface area (Å²) in [6.07, 6.45) is 6.19. The monoisotopic (exact) mass is 461 g/mol. The minimum Gasteiger partial charge on any atom is -0.481 e. The third-order valence-corrected chi connectivity index (χ3v) is 6.57. The Morgan fingerprint density at radius 3 is 2.48 bits per heavy atom. The molecule has 7 nitrogen and oxygen atoms in total. The molecular formula is C26H41N2O5+. The van der Waals surface area contributed by atoms with Gasteiger partial charge in [-0.25, -0.2) is 9.59 Å². The first-order valence-corrected chi connectivity index (χ1v) is 12.4. The van der Waals surface area contributed by atoms with Crippen molar-refractivity contribution in [1.29, 1.82) is 0 Å². The van der Waals surface area contributed by atoms with E-state index in [1.165, 1.54) is 0 Å². The van der Waals surface area contributed by atoms with Crippen molar-refractivity contribution in [3.05, 3.63) is 35.9 Å². The van der Waals surface area contributed by atoms with Gasteiger partial charge < -0.3 is 9.84 Å². The molecular weight excluding hydrogens is 420 g/mol. The van der Waals surface area contributed by atoms with Gasteiger partial charge in [-0.15, -0.1) is 0 Å². The molecule has 7 heteroatoms. The third kappa shape index (κ3) is 7.37. The lowest BCUT2D eigenvalue weighted by Gasteiger charge is -2.35. The Labute approximate surface area is 198 Å². The summed E-state index contributed by atoms with van der Waals surface area (Å²) in [7, 11) is 1.59. The van der Waals surface area contributed by atoms with Crippen LogP contribution in [0, 0.1) is 5.92 Å². The molecule has 1 N–H and O–H groups in total. The Morgan fingerprint density at radius 2 is 1.85 bits per heavy atom. The molecule has 0 aromatic heterocycles. The second-order valence-corrected chi connectivity index (χ2v) is 9.27. The van der Waals surface area contributed by atoms with Crippen molar-refractivity contribution in [1.82, 2.24) is 4.90 Å². The molecule has 1 fully saturated rings. The molecule has 0 saturated carbocycles. The number of carbonyl (C=O) groups is 3. The van der Waals surface area contributed by atoms with Crippen LogP contribution in [0.2, 0.25) is 0 Å². The van der Waals surface area contributed by atoms with E-state index in [4.69, 9.17) is 4.74 Å². The van der Waals surface area contributed by atoms with Gasteiger partial charge in [0, 0.05) is 6.54 Å². The number of quaternary nitrogens is 1. The predicted molar refractivity (Wildman–Crippen MR) is 127 cm³/mol. The number of imide groups is 1. The number of nitrogens with zero attached hydrogens (tertiary/aromatic N) is 2. The number of aliphatic carboxylic acids is 1. The molecule has 1 saturated heterocycles. The van der Waals surface area contributed by atoms with Gasteiger partial charge in [0.2, 0.25) is 0 Å². The number of likely N-dealkylation sites (tertiary alicyclic amines) is 1. The van der Waals surface area contributed by atoms with Crippen LogP contribution >= 0.6 is 0 Å². The van der Waals surface area contributed by atoms with Crippen LogP contribution in [0.15, 0.2) is 30.3 Å². The average molecular weight is 462 g/mol. The Balaban J connectivity index is 2.09. The van der Waals surface area contributed by atoms with Gasteiger partial charge in [0.1, 0.15) is 0 Å². The zero-order valence-electron chi connectivity index (χ0n) is 20.5. The van der Waals surface area contributed by atoms with Crippen LogP contribution in [-0.4, -0.2) is 65.2 Å². The van der Waals surface area contributed by atoms with Crippen LogP contribution in [-0.2, 0) is 20.9 Å². The summed E-state index contributed by atoms with van der Waals surface area (Å²) in [5.41, 5.74) is 1.07. The maximum atomic E-state index is 13.7. The van der Waals surface area contributed by atoms with Crippen LogP contribution < -0.4 is 0 Å². The number of carbonyl (C=O) groups excluding carboxylic acids is 2. The molecule has 184 valence electrons. The van der Waals surface area contributed by atoms with Gasteiger partial charge in [-0.1, -0.05) is 69.9 Å². The maximum Gasteiger partial charge on any atom is 0.426 e. The van der Waals surface area contributed by atoms with E-state index in [0.29, 0.717) is 39.1 Å². The van der Waals surface area contributed by atoms with Crippen LogP contribution in [0.5, 0.6) is 0 Å². The number of ether oxygens (including phenoxy) is 1. The number of amides is 3. The summed E-state index contributed by atoms with van der Waals surface area (Å²) in [5.74, 6) is -2.78. The van der Waals surface area contributed by atoms with Gasteiger partial charge in [-0.05, 0) is 31.2 Å². The second kappa shape index (κ2) is 13.5. The molecule has 0 unspecified atom stereocenters. The van der Waals surface area contributed by atoms with E-state index < -0.39 is 22.3 Å². The Hall–Kier alpha value is -2.25. The number of hydrogen-bond acceptors (Lipinski definition) is 4. The van der Waals surface area contributed by atoms with Crippen molar-refractivity contribution in [3.63, 3.8) is 0 Å². The molecule has 0 bridgehead atoms. The Morgan fingerprint density at radius 1 is 1.12 bits per heavy atom. The van der Waals surface area contributed by atoms with Gasteiger partial charge in [0.15, 0.2) is 5.92 Å². The van der Waals surface area contributed by atoms with Gasteiger partial charge >= 0.3 is 17.9 Å². The highest BCUT2D eigenvalue weighted by atomic mass is 16.5. The molecule has 1 aromatic rings. The van der Waals surface area contributed by atoms with Gasteiger partial charge in [-0.3, -0.25) is 9.69 Å². The number of unbranched alkanes of at least 4 members (excludes halogenated alkanes) is 3. The summed E-state index contributed by atoms with van der Waals surface area (Å²) in [6.45, 7) is 5.74. The SMILES string of the molecule is CCCCCC[C@@H](C(=O)O)C(=O)[N@+](C)(CCC)C(=O)N1CCC[C@@H]1COCc1ccccc1. The summed E-state index contributed by atoms with van der Waals surface area (Å²) >= 11 is 0. The molecule has 1 heterocycles.